The molecular formula is C34H79N5O16. The Bertz CT molecular complexity index is 823. The van der Waals surface area contributed by atoms with Crippen LogP contribution in [0.3, 0.4) is 0 Å². The molecule has 21 heteroatoms. The zero-order valence-corrected chi connectivity index (χ0v) is 36.6. The topological polar surface area (TPSA) is 322 Å². The smallest absolute Gasteiger partial charge is 0.114 e. The number of rotatable bonds is 15. The van der Waals surface area contributed by atoms with E-state index in [9.17, 15) is 29.7 Å². The van der Waals surface area contributed by atoms with Gasteiger partial charge in [-0.15, -0.1) is 0 Å². The molecule has 0 heterocycles. The maximum atomic E-state index is 10.1. The number of carboxylic acid groups (broad SMARTS) is 5. The lowest BCUT2D eigenvalue weighted by molar-refractivity contribution is -0.870. The summed E-state index contributed by atoms with van der Waals surface area (Å²) in [6.07, 6.45) is -2.72. The van der Waals surface area contributed by atoms with Crippen molar-refractivity contribution in [2.45, 2.75) is 25.4 Å². The van der Waals surface area contributed by atoms with E-state index in [0.29, 0.717) is 0 Å². The quantitative estimate of drug-likeness (QED) is 0.0661. The lowest BCUT2D eigenvalue weighted by Gasteiger charge is -2.29. The summed E-state index contributed by atoms with van der Waals surface area (Å²) in [7, 11) is 30.8. The molecular weight excluding hydrogens is 734 g/mol. The SMILES string of the molecule is CC(=O)[O-].C[N+](C)(C)CCO.C[N+](C)(C)CCO.C[N+](C)(C)CCO.C[N+](C)(C)CCO.C[N+](C)(C)CCO.O=C([O-])CC(O)(CC(=O)[O-])C(=O)[O-].O=C[O-]. The number of carbonyl (C=O) groups is 5. The van der Waals surface area contributed by atoms with Gasteiger partial charge in [0.15, 0.2) is 0 Å². The van der Waals surface area contributed by atoms with Gasteiger partial charge >= 0.3 is 0 Å². The molecule has 0 aromatic rings. The number of carboxylic acids is 4. The highest BCUT2D eigenvalue weighted by Gasteiger charge is 2.29. The summed E-state index contributed by atoms with van der Waals surface area (Å²) in [5, 5.41) is 98.0. The number of likely N-dealkylation sites (N-methyl/N-ethyl adjacent to an activating group) is 5. The van der Waals surface area contributed by atoms with Crippen LogP contribution in [-0.4, -0.2) is 260 Å². The Morgan fingerprint density at radius 2 is 0.600 bits per heavy atom. The average molecular weight is 814 g/mol. The van der Waals surface area contributed by atoms with Gasteiger partial charge in [0.1, 0.15) is 38.3 Å². The zero-order valence-electron chi connectivity index (χ0n) is 36.6. The molecule has 0 radical (unpaired) electrons. The Hall–Kier alpha value is -3.09. The van der Waals surface area contributed by atoms with E-state index in [2.05, 4.69) is 106 Å². The lowest BCUT2D eigenvalue weighted by atomic mass is 9.96. The fraction of sp³-hybridized carbons (Fsp3) is 0.853. The second-order valence-electron chi connectivity index (χ2n) is 16.7. The standard InChI is InChI=1S/C6H8O7.5C5H14NO.C2H4O2.CH2O2/c7-3(8)1-6(13,5(11)12)2-4(9)10;5*1-6(2,3)4-5-7;1-2(3)4;2-1-3/h13H,1-2H2,(H,7,8)(H,9,10)(H,11,12);5*7H,4-5H2,1-3H3;1H3,(H,3,4);1H,(H,2,3)/q;5*+1;;/p-5. The highest BCUT2D eigenvalue weighted by Crippen LogP contribution is 2.13. The minimum Gasteiger partial charge on any atom is -0.554 e. The molecule has 0 bridgehead atoms. The number of carbonyl (C=O) groups excluding carboxylic acids is 5. The molecule has 0 aromatic heterocycles. The number of aliphatic hydroxyl groups excluding tert-OH is 5. The third-order valence-corrected chi connectivity index (χ3v) is 5.11. The molecule has 0 unspecified atom stereocenters. The predicted molar refractivity (Wildman–Crippen MR) is 196 cm³/mol. The normalized spacial score (nSPS) is 10.9. The Morgan fingerprint density at radius 3 is 0.636 bits per heavy atom. The van der Waals surface area contributed by atoms with E-state index in [1.54, 1.807) is 0 Å². The van der Waals surface area contributed by atoms with Crippen LogP contribution in [0, 0.1) is 0 Å². The van der Waals surface area contributed by atoms with Crippen LogP contribution in [0.2, 0.25) is 0 Å². The first-order valence-electron chi connectivity index (χ1n) is 16.9. The zero-order chi connectivity index (χ0) is 46.5. The third-order valence-electron chi connectivity index (χ3n) is 5.11. The molecule has 336 valence electrons. The van der Waals surface area contributed by atoms with Crippen molar-refractivity contribution < 1.29 is 103 Å². The lowest BCUT2D eigenvalue weighted by Crippen LogP contribution is -2.54. The van der Waals surface area contributed by atoms with Gasteiger partial charge in [-0.05, 0) is 6.92 Å². The summed E-state index contributed by atoms with van der Waals surface area (Å²) in [5.41, 5.74) is -2.97. The monoisotopic (exact) mass is 814 g/mol. The van der Waals surface area contributed by atoms with E-state index in [1.807, 2.05) is 0 Å². The number of quaternary nitrogens is 5. The van der Waals surface area contributed by atoms with Crippen molar-refractivity contribution in [1.82, 2.24) is 0 Å². The van der Waals surface area contributed by atoms with Crippen molar-refractivity contribution in [3.05, 3.63) is 0 Å². The van der Waals surface area contributed by atoms with Crippen LogP contribution in [-0.2, 0) is 24.0 Å². The van der Waals surface area contributed by atoms with Crippen LogP contribution in [0.4, 0.5) is 0 Å². The summed E-state index contributed by atoms with van der Waals surface area (Å²) in [6.45, 7) is 6.05. The largest absolute Gasteiger partial charge is 0.554 e. The molecule has 0 amide bonds. The van der Waals surface area contributed by atoms with Gasteiger partial charge < -0.3 is 103 Å². The van der Waals surface area contributed by atoms with Gasteiger partial charge in [-0.25, -0.2) is 0 Å². The van der Waals surface area contributed by atoms with Crippen LogP contribution in [0.25, 0.3) is 0 Å². The molecule has 0 rings (SSSR count). The highest BCUT2D eigenvalue weighted by molar-refractivity contribution is 5.86. The van der Waals surface area contributed by atoms with Gasteiger partial charge in [0, 0.05) is 37.2 Å². The van der Waals surface area contributed by atoms with Gasteiger partial charge in [0.2, 0.25) is 0 Å². The molecule has 0 fully saturated rings. The first kappa shape index (κ1) is 69.8. The van der Waals surface area contributed by atoms with Crippen LogP contribution in [0.1, 0.15) is 19.8 Å². The highest BCUT2D eigenvalue weighted by atomic mass is 16.4. The molecule has 0 saturated heterocycles. The second kappa shape index (κ2) is 37.8. The number of hydrogen-bond acceptors (Lipinski definition) is 16. The van der Waals surface area contributed by atoms with E-state index < -0.39 is 48.8 Å². The van der Waals surface area contributed by atoms with Crippen molar-refractivity contribution in [2.24, 2.45) is 0 Å². The van der Waals surface area contributed by atoms with E-state index in [1.165, 1.54) is 0 Å². The van der Waals surface area contributed by atoms with Crippen LogP contribution in [0.5, 0.6) is 0 Å². The molecule has 21 nitrogen and oxygen atoms in total. The summed E-state index contributed by atoms with van der Waals surface area (Å²) in [4.78, 5) is 47.1. The molecule has 0 spiro atoms. The molecule has 0 aliphatic carbocycles. The van der Waals surface area contributed by atoms with Crippen LogP contribution in [0.15, 0.2) is 0 Å². The first-order chi connectivity index (χ1) is 24.2. The van der Waals surface area contributed by atoms with Crippen molar-refractivity contribution in [2.75, 3.05) is 171 Å². The van der Waals surface area contributed by atoms with E-state index in [-0.39, 0.29) is 33.0 Å². The van der Waals surface area contributed by atoms with Crippen LogP contribution < -0.4 is 25.5 Å². The Balaban J connectivity index is -0.0000000790. The second-order valence-corrected chi connectivity index (χ2v) is 16.7. The van der Waals surface area contributed by atoms with Gasteiger partial charge in [0.25, 0.3) is 0 Å². The van der Waals surface area contributed by atoms with E-state index >= 15 is 0 Å². The average Bonchev–Trinajstić information content (AvgIpc) is 2.86. The van der Waals surface area contributed by atoms with Gasteiger partial charge in [-0.2, -0.15) is 0 Å². The Morgan fingerprint density at radius 1 is 0.473 bits per heavy atom. The number of hydrogen-bond donors (Lipinski definition) is 6. The third kappa shape index (κ3) is 112. The van der Waals surface area contributed by atoms with Crippen molar-refractivity contribution in [1.29, 1.82) is 0 Å². The first-order valence-corrected chi connectivity index (χ1v) is 16.9. The maximum Gasteiger partial charge on any atom is 0.114 e. The summed E-state index contributed by atoms with van der Waals surface area (Å²) >= 11 is 0. The number of aliphatic hydroxyl groups is 6. The Kier molecular flexibility index (Phi) is 48.0. The van der Waals surface area contributed by atoms with Gasteiger partial charge in [-0.3, -0.25) is 0 Å². The molecule has 0 saturated carbocycles. The molecule has 0 aromatic carbocycles. The van der Waals surface area contributed by atoms with Crippen molar-refractivity contribution in [3.63, 3.8) is 0 Å². The molecule has 0 aliphatic heterocycles. The number of nitrogens with zero attached hydrogens (tertiary/aromatic N) is 5. The number of aliphatic carboxylic acids is 4. The predicted octanol–water partition coefficient (Wildman–Crippen LogP) is -9.71. The minimum atomic E-state index is -2.97. The molecule has 0 aliphatic rings. The van der Waals surface area contributed by atoms with Gasteiger partial charge in [0.05, 0.1) is 145 Å². The van der Waals surface area contributed by atoms with Gasteiger partial charge in [-0.1, -0.05) is 0 Å². The van der Waals surface area contributed by atoms with E-state index in [0.717, 1.165) is 62.1 Å². The minimum absolute atomic E-state index is 0.281. The summed E-state index contributed by atoms with van der Waals surface area (Å²) in [6, 6.07) is 0. The fourth-order valence-electron chi connectivity index (χ4n) is 2.18. The molecule has 6 N–H and O–H groups in total. The van der Waals surface area contributed by atoms with Crippen LogP contribution >= 0.6 is 0 Å². The molecule has 0 atom stereocenters. The maximum absolute atomic E-state index is 10.1. The summed E-state index contributed by atoms with van der Waals surface area (Å²) in [5.74, 6) is -7.07. The van der Waals surface area contributed by atoms with Crippen molar-refractivity contribution >= 4 is 30.3 Å². The Labute approximate surface area is 329 Å². The fourth-order valence-corrected chi connectivity index (χ4v) is 2.18. The van der Waals surface area contributed by atoms with Crippen molar-refractivity contribution in [3.8, 4) is 0 Å². The van der Waals surface area contributed by atoms with E-state index in [4.69, 9.17) is 50.4 Å². The summed E-state index contributed by atoms with van der Waals surface area (Å²) < 4.78 is 4.22. The molecule has 55 heavy (non-hydrogen) atoms.